The number of nitrogens with one attached hydrogen (secondary N) is 1. The zero-order valence-electron chi connectivity index (χ0n) is 10.1. The number of amides is 2. The summed E-state index contributed by atoms with van der Waals surface area (Å²) >= 11 is 0. The van der Waals surface area contributed by atoms with Crippen LogP contribution in [0.2, 0.25) is 0 Å². The summed E-state index contributed by atoms with van der Waals surface area (Å²) < 4.78 is 0. The molecule has 17 heavy (non-hydrogen) atoms. The summed E-state index contributed by atoms with van der Waals surface area (Å²) in [7, 11) is 1.75. The van der Waals surface area contributed by atoms with Crippen molar-refractivity contribution in [1.29, 1.82) is 0 Å². The summed E-state index contributed by atoms with van der Waals surface area (Å²) in [6, 6.07) is 7.33. The molecule has 1 aliphatic heterocycles. The van der Waals surface area contributed by atoms with Crippen LogP contribution in [-0.4, -0.2) is 36.3 Å². The molecule has 0 bridgehead atoms. The van der Waals surface area contributed by atoms with Crippen LogP contribution in [0.5, 0.6) is 0 Å². The fraction of sp³-hybridized carbons (Fsp3) is 0.385. The average Bonchev–Trinajstić information content (AvgIpc) is 2.58. The number of carbonyl (C=O) groups excluding carboxylic acids is 2. The molecule has 1 N–H and O–H groups in total. The van der Waals surface area contributed by atoms with Crippen LogP contribution in [0.25, 0.3) is 0 Å². The minimum absolute atomic E-state index is 0.0682. The summed E-state index contributed by atoms with van der Waals surface area (Å²) in [6.07, 6.45) is 0.397. The van der Waals surface area contributed by atoms with E-state index in [0.717, 1.165) is 5.56 Å². The molecular formula is C13H16N2O2. The molecule has 2 amide bonds. The Morgan fingerprint density at radius 3 is 2.53 bits per heavy atom. The number of carbonyl (C=O) groups is 2. The number of likely N-dealkylation sites (tertiary alicyclic amines) is 1. The second kappa shape index (κ2) is 4.57. The third kappa shape index (κ3) is 2.64. The molecule has 0 aromatic heterocycles. The SMILES string of the molecule is Cc1ccc(C(=O)NC2CC(=O)N(C)C2)cc1. The topological polar surface area (TPSA) is 49.4 Å². The van der Waals surface area contributed by atoms with Gasteiger partial charge < -0.3 is 10.2 Å². The zero-order chi connectivity index (χ0) is 12.4. The van der Waals surface area contributed by atoms with E-state index in [1.165, 1.54) is 0 Å². The van der Waals surface area contributed by atoms with Gasteiger partial charge in [-0.05, 0) is 19.1 Å². The van der Waals surface area contributed by atoms with E-state index in [-0.39, 0.29) is 17.9 Å². The number of hydrogen-bond donors (Lipinski definition) is 1. The van der Waals surface area contributed by atoms with E-state index in [0.29, 0.717) is 18.5 Å². The molecule has 1 aliphatic rings. The van der Waals surface area contributed by atoms with E-state index in [9.17, 15) is 9.59 Å². The number of benzene rings is 1. The molecule has 0 spiro atoms. The monoisotopic (exact) mass is 232 g/mol. The molecule has 1 fully saturated rings. The standard InChI is InChI=1S/C13H16N2O2/c1-9-3-5-10(6-4-9)13(17)14-11-7-12(16)15(2)8-11/h3-6,11H,7-8H2,1-2H3,(H,14,17). The molecule has 1 aromatic carbocycles. The Labute approximate surface area is 101 Å². The highest BCUT2D eigenvalue weighted by Gasteiger charge is 2.27. The first-order valence-corrected chi connectivity index (χ1v) is 5.68. The van der Waals surface area contributed by atoms with Gasteiger partial charge in [-0.15, -0.1) is 0 Å². The van der Waals surface area contributed by atoms with Crippen LogP contribution in [0.15, 0.2) is 24.3 Å². The third-order valence-corrected chi connectivity index (χ3v) is 2.99. The minimum atomic E-state index is -0.113. The molecule has 0 saturated carbocycles. The van der Waals surface area contributed by atoms with Crippen LogP contribution in [0.4, 0.5) is 0 Å². The van der Waals surface area contributed by atoms with Gasteiger partial charge in [0.25, 0.3) is 5.91 Å². The number of nitrogens with zero attached hydrogens (tertiary/aromatic N) is 1. The van der Waals surface area contributed by atoms with Crippen molar-refractivity contribution >= 4 is 11.8 Å². The van der Waals surface area contributed by atoms with Gasteiger partial charge in [0.15, 0.2) is 0 Å². The van der Waals surface area contributed by atoms with Gasteiger partial charge in [0.05, 0.1) is 6.04 Å². The van der Waals surface area contributed by atoms with E-state index in [1.807, 2.05) is 19.1 Å². The van der Waals surface area contributed by atoms with Crippen LogP contribution in [0.3, 0.4) is 0 Å². The molecule has 4 nitrogen and oxygen atoms in total. The summed E-state index contributed by atoms with van der Waals surface area (Å²) in [5, 5.41) is 2.87. The smallest absolute Gasteiger partial charge is 0.251 e. The lowest BCUT2D eigenvalue weighted by atomic mass is 10.1. The Kier molecular flexibility index (Phi) is 3.13. The Balaban J connectivity index is 1.98. The molecule has 1 unspecified atom stereocenters. The Hall–Kier alpha value is -1.84. The molecular weight excluding hydrogens is 216 g/mol. The van der Waals surface area contributed by atoms with Crippen molar-refractivity contribution in [3.8, 4) is 0 Å². The van der Waals surface area contributed by atoms with Crippen molar-refractivity contribution in [3.63, 3.8) is 0 Å². The van der Waals surface area contributed by atoms with Crippen molar-refractivity contribution in [1.82, 2.24) is 10.2 Å². The lowest BCUT2D eigenvalue weighted by Crippen LogP contribution is -2.36. The zero-order valence-corrected chi connectivity index (χ0v) is 10.1. The highest BCUT2D eigenvalue weighted by molar-refractivity contribution is 5.95. The lowest BCUT2D eigenvalue weighted by molar-refractivity contribution is -0.126. The maximum absolute atomic E-state index is 11.9. The lowest BCUT2D eigenvalue weighted by Gasteiger charge is -2.12. The number of hydrogen-bond acceptors (Lipinski definition) is 2. The van der Waals surface area contributed by atoms with Crippen molar-refractivity contribution < 1.29 is 9.59 Å². The van der Waals surface area contributed by atoms with E-state index in [1.54, 1.807) is 24.1 Å². The van der Waals surface area contributed by atoms with Gasteiger partial charge in [-0.3, -0.25) is 9.59 Å². The molecule has 90 valence electrons. The predicted molar refractivity (Wildman–Crippen MR) is 64.7 cm³/mol. The molecule has 0 aliphatic carbocycles. The quantitative estimate of drug-likeness (QED) is 0.825. The Morgan fingerprint density at radius 1 is 1.35 bits per heavy atom. The van der Waals surface area contributed by atoms with Gasteiger partial charge in [-0.2, -0.15) is 0 Å². The molecule has 1 heterocycles. The minimum Gasteiger partial charge on any atom is -0.347 e. The van der Waals surface area contributed by atoms with Crippen LogP contribution in [-0.2, 0) is 4.79 Å². The number of likely N-dealkylation sites (N-methyl/N-ethyl adjacent to an activating group) is 1. The van der Waals surface area contributed by atoms with Crippen molar-refractivity contribution in [2.75, 3.05) is 13.6 Å². The fourth-order valence-corrected chi connectivity index (χ4v) is 1.93. The highest BCUT2D eigenvalue weighted by Crippen LogP contribution is 2.10. The molecule has 2 rings (SSSR count). The van der Waals surface area contributed by atoms with Gasteiger partial charge in [0, 0.05) is 25.6 Å². The van der Waals surface area contributed by atoms with Gasteiger partial charge in [0.1, 0.15) is 0 Å². The molecule has 4 heteroatoms. The second-order valence-electron chi connectivity index (χ2n) is 4.51. The van der Waals surface area contributed by atoms with E-state index in [2.05, 4.69) is 5.32 Å². The maximum Gasteiger partial charge on any atom is 0.251 e. The first kappa shape index (κ1) is 11.6. The van der Waals surface area contributed by atoms with E-state index < -0.39 is 0 Å². The molecule has 1 aromatic rings. The Bertz CT molecular complexity index is 439. The molecule has 0 radical (unpaired) electrons. The van der Waals surface area contributed by atoms with Crippen molar-refractivity contribution in [3.05, 3.63) is 35.4 Å². The summed E-state index contributed by atoms with van der Waals surface area (Å²) in [5.74, 6) is -0.0303. The molecule has 1 saturated heterocycles. The van der Waals surface area contributed by atoms with Crippen LogP contribution in [0, 0.1) is 6.92 Å². The summed E-state index contributed by atoms with van der Waals surface area (Å²) in [5.41, 5.74) is 1.76. The highest BCUT2D eigenvalue weighted by atomic mass is 16.2. The van der Waals surface area contributed by atoms with Crippen LogP contribution >= 0.6 is 0 Å². The van der Waals surface area contributed by atoms with Crippen LogP contribution < -0.4 is 5.32 Å². The Morgan fingerprint density at radius 2 is 2.00 bits per heavy atom. The van der Waals surface area contributed by atoms with Gasteiger partial charge in [-0.1, -0.05) is 17.7 Å². The largest absolute Gasteiger partial charge is 0.347 e. The maximum atomic E-state index is 11.9. The first-order valence-electron chi connectivity index (χ1n) is 5.68. The summed E-state index contributed by atoms with van der Waals surface area (Å²) in [4.78, 5) is 24.8. The summed E-state index contributed by atoms with van der Waals surface area (Å²) in [6.45, 7) is 2.57. The first-order chi connectivity index (χ1) is 8.06. The van der Waals surface area contributed by atoms with E-state index >= 15 is 0 Å². The average molecular weight is 232 g/mol. The van der Waals surface area contributed by atoms with E-state index in [4.69, 9.17) is 0 Å². The molecule has 1 atom stereocenters. The van der Waals surface area contributed by atoms with Crippen molar-refractivity contribution in [2.24, 2.45) is 0 Å². The van der Waals surface area contributed by atoms with Gasteiger partial charge >= 0.3 is 0 Å². The fourth-order valence-electron chi connectivity index (χ4n) is 1.93. The number of aryl methyl sites for hydroxylation is 1. The number of rotatable bonds is 2. The second-order valence-corrected chi connectivity index (χ2v) is 4.51. The van der Waals surface area contributed by atoms with Crippen LogP contribution in [0.1, 0.15) is 22.3 Å². The normalized spacial score (nSPS) is 19.5. The van der Waals surface area contributed by atoms with Crippen molar-refractivity contribution in [2.45, 2.75) is 19.4 Å². The third-order valence-electron chi connectivity index (χ3n) is 2.99. The predicted octanol–water partition coefficient (Wildman–Crippen LogP) is 0.956. The van der Waals surface area contributed by atoms with Gasteiger partial charge in [-0.25, -0.2) is 0 Å². The van der Waals surface area contributed by atoms with Gasteiger partial charge in [0.2, 0.25) is 5.91 Å².